The summed E-state index contributed by atoms with van der Waals surface area (Å²) in [5, 5.41) is 10.2. The fourth-order valence-electron chi connectivity index (χ4n) is 2.41. The van der Waals surface area contributed by atoms with Gasteiger partial charge in [-0.25, -0.2) is 4.98 Å². The van der Waals surface area contributed by atoms with Gasteiger partial charge in [0.1, 0.15) is 18.2 Å². The largest absolute Gasteiger partial charge is 0.493 e. The third kappa shape index (κ3) is 2.54. The zero-order valence-corrected chi connectivity index (χ0v) is 13.4. The van der Waals surface area contributed by atoms with E-state index in [1.807, 2.05) is 31.2 Å². The van der Waals surface area contributed by atoms with Crippen molar-refractivity contribution in [3.05, 3.63) is 46.2 Å². The number of imidazole rings is 1. The number of hydrogen-bond acceptors (Lipinski definition) is 3. The lowest BCUT2D eigenvalue weighted by Crippen LogP contribution is -1.95. The molecule has 0 saturated heterocycles. The molecule has 22 heavy (non-hydrogen) atoms. The molecule has 2 N–H and O–H groups in total. The Morgan fingerprint density at radius 1 is 1.27 bits per heavy atom. The first kappa shape index (κ1) is 15.2. The quantitative estimate of drug-likeness (QED) is 0.741. The molecule has 0 unspecified atom stereocenters. The van der Waals surface area contributed by atoms with E-state index in [-0.39, 0.29) is 6.61 Å². The van der Waals surface area contributed by atoms with Gasteiger partial charge in [-0.2, -0.15) is 0 Å². The van der Waals surface area contributed by atoms with Crippen LogP contribution in [0.25, 0.3) is 22.2 Å². The number of benzene rings is 2. The molecule has 6 heteroatoms. The number of aliphatic hydroxyl groups excluding tert-OH is 1. The average Bonchev–Trinajstić information content (AvgIpc) is 2.92. The summed E-state index contributed by atoms with van der Waals surface area (Å²) in [6.07, 6.45) is 0. The first-order valence-corrected chi connectivity index (χ1v) is 7.61. The first-order chi connectivity index (χ1) is 10.7. The Morgan fingerprint density at radius 2 is 2.05 bits per heavy atom. The first-order valence-electron chi connectivity index (χ1n) is 6.85. The molecule has 0 radical (unpaired) electrons. The van der Waals surface area contributed by atoms with Crippen LogP contribution in [0.3, 0.4) is 0 Å². The van der Waals surface area contributed by atoms with E-state index >= 15 is 0 Å². The number of H-pyrrole nitrogens is 1. The summed E-state index contributed by atoms with van der Waals surface area (Å²) in [6.45, 7) is 2.28. The highest BCUT2D eigenvalue weighted by Crippen LogP contribution is 2.42. The van der Waals surface area contributed by atoms with Gasteiger partial charge in [0.25, 0.3) is 0 Å². The Kier molecular flexibility index (Phi) is 4.25. The minimum atomic E-state index is -0.187. The van der Waals surface area contributed by atoms with Crippen LogP contribution in [0.2, 0.25) is 10.0 Å². The van der Waals surface area contributed by atoms with Crippen LogP contribution in [0.15, 0.2) is 30.3 Å². The van der Waals surface area contributed by atoms with E-state index < -0.39 is 0 Å². The van der Waals surface area contributed by atoms with Crippen LogP contribution in [0, 0.1) is 0 Å². The molecule has 0 fully saturated rings. The second-order valence-electron chi connectivity index (χ2n) is 4.71. The third-order valence-corrected chi connectivity index (χ3v) is 4.00. The minimum Gasteiger partial charge on any atom is -0.493 e. The van der Waals surface area contributed by atoms with Gasteiger partial charge < -0.3 is 14.8 Å². The van der Waals surface area contributed by atoms with E-state index in [1.165, 1.54) is 0 Å². The standard InChI is InChI=1S/C16H14Cl2N2O2/c1-2-22-12-6-4-3-5-9(12)14-10(17)7-11-16(15(14)18)20-13(8-21)19-11/h3-7,21H,2,8H2,1H3,(H,19,20). The smallest absolute Gasteiger partial charge is 0.133 e. The minimum absolute atomic E-state index is 0.187. The molecule has 4 nitrogen and oxygen atoms in total. The molecule has 0 saturated carbocycles. The van der Waals surface area contributed by atoms with Gasteiger partial charge in [0.15, 0.2) is 0 Å². The van der Waals surface area contributed by atoms with Crippen LogP contribution in [-0.2, 0) is 6.61 Å². The Hall–Kier alpha value is -1.75. The summed E-state index contributed by atoms with van der Waals surface area (Å²) in [7, 11) is 0. The molecule has 0 aliphatic carbocycles. The van der Waals surface area contributed by atoms with Crippen molar-refractivity contribution in [3.8, 4) is 16.9 Å². The van der Waals surface area contributed by atoms with Gasteiger partial charge in [0.05, 0.1) is 27.7 Å². The molecule has 0 spiro atoms. The van der Waals surface area contributed by atoms with Gasteiger partial charge in [-0.15, -0.1) is 0 Å². The lowest BCUT2D eigenvalue weighted by Gasteiger charge is -2.13. The highest BCUT2D eigenvalue weighted by Gasteiger charge is 2.18. The van der Waals surface area contributed by atoms with E-state index in [0.717, 1.165) is 11.3 Å². The summed E-state index contributed by atoms with van der Waals surface area (Å²) in [5.41, 5.74) is 2.78. The van der Waals surface area contributed by atoms with Crippen molar-refractivity contribution in [1.82, 2.24) is 9.97 Å². The highest BCUT2D eigenvalue weighted by molar-refractivity contribution is 6.42. The number of ether oxygens (including phenoxy) is 1. The monoisotopic (exact) mass is 336 g/mol. The van der Waals surface area contributed by atoms with Crippen molar-refractivity contribution in [3.63, 3.8) is 0 Å². The molecule has 3 rings (SSSR count). The number of aromatic amines is 1. The molecular weight excluding hydrogens is 323 g/mol. The van der Waals surface area contributed by atoms with Crippen LogP contribution in [0.1, 0.15) is 12.7 Å². The van der Waals surface area contributed by atoms with Gasteiger partial charge in [-0.1, -0.05) is 41.4 Å². The number of aliphatic hydroxyl groups is 1. The van der Waals surface area contributed by atoms with Crippen LogP contribution in [0.5, 0.6) is 5.75 Å². The predicted molar refractivity (Wildman–Crippen MR) is 88.6 cm³/mol. The molecule has 0 aliphatic heterocycles. The maximum Gasteiger partial charge on any atom is 0.133 e. The van der Waals surface area contributed by atoms with Gasteiger partial charge >= 0.3 is 0 Å². The third-order valence-electron chi connectivity index (χ3n) is 3.33. The molecule has 0 atom stereocenters. The number of halogens is 2. The number of para-hydroxylation sites is 1. The second-order valence-corrected chi connectivity index (χ2v) is 5.50. The Balaban J connectivity index is 2.27. The lowest BCUT2D eigenvalue weighted by molar-refractivity contribution is 0.273. The summed E-state index contributed by atoms with van der Waals surface area (Å²) < 4.78 is 5.66. The van der Waals surface area contributed by atoms with E-state index in [2.05, 4.69) is 9.97 Å². The van der Waals surface area contributed by atoms with Gasteiger partial charge in [0, 0.05) is 11.1 Å². The Morgan fingerprint density at radius 3 is 2.77 bits per heavy atom. The number of nitrogens with one attached hydrogen (secondary N) is 1. The number of rotatable bonds is 4. The van der Waals surface area contributed by atoms with Crippen LogP contribution in [0.4, 0.5) is 0 Å². The summed E-state index contributed by atoms with van der Waals surface area (Å²) >= 11 is 12.9. The number of hydrogen-bond donors (Lipinski definition) is 2. The maximum atomic E-state index is 9.21. The maximum absolute atomic E-state index is 9.21. The lowest BCUT2D eigenvalue weighted by atomic mass is 10.0. The van der Waals surface area contributed by atoms with Crippen LogP contribution >= 0.6 is 23.2 Å². The van der Waals surface area contributed by atoms with Crippen molar-refractivity contribution in [2.75, 3.05) is 6.61 Å². The molecule has 114 valence electrons. The van der Waals surface area contributed by atoms with Crippen molar-refractivity contribution in [2.24, 2.45) is 0 Å². The van der Waals surface area contributed by atoms with E-state index in [1.54, 1.807) is 6.07 Å². The molecular formula is C16H14Cl2N2O2. The van der Waals surface area contributed by atoms with Gasteiger partial charge in [0.2, 0.25) is 0 Å². The Labute approximate surface area is 137 Å². The zero-order valence-electron chi connectivity index (χ0n) is 11.9. The molecule has 0 bridgehead atoms. The van der Waals surface area contributed by atoms with Crippen molar-refractivity contribution in [1.29, 1.82) is 0 Å². The second kappa shape index (κ2) is 6.16. The van der Waals surface area contributed by atoms with Gasteiger partial charge in [-0.3, -0.25) is 0 Å². The topological polar surface area (TPSA) is 58.1 Å². The van der Waals surface area contributed by atoms with E-state index in [0.29, 0.717) is 39.1 Å². The molecule has 1 aromatic heterocycles. The SMILES string of the molecule is CCOc1ccccc1-c1c(Cl)cc2nc(CO)[nH]c2c1Cl. The summed E-state index contributed by atoms with van der Waals surface area (Å²) in [5.74, 6) is 1.17. The van der Waals surface area contributed by atoms with E-state index in [4.69, 9.17) is 27.9 Å². The summed E-state index contributed by atoms with van der Waals surface area (Å²) in [4.78, 5) is 7.25. The number of nitrogens with zero attached hydrogens (tertiary/aromatic N) is 1. The fourth-order valence-corrected chi connectivity index (χ4v) is 3.10. The average molecular weight is 337 g/mol. The van der Waals surface area contributed by atoms with Crippen molar-refractivity contribution >= 4 is 34.2 Å². The van der Waals surface area contributed by atoms with Crippen molar-refractivity contribution < 1.29 is 9.84 Å². The molecule has 0 amide bonds. The molecule has 0 aliphatic rings. The van der Waals surface area contributed by atoms with Crippen molar-refractivity contribution in [2.45, 2.75) is 13.5 Å². The molecule has 1 heterocycles. The zero-order chi connectivity index (χ0) is 15.7. The highest BCUT2D eigenvalue weighted by atomic mass is 35.5. The predicted octanol–water partition coefficient (Wildman–Crippen LogP) is 4.43. The Bertz CT molecular complexity index is 830. The normalized spacial score (nSPS) is 11.1. The van der Waals surface area contributed by atoms with Gasteiger partial charge in [-0.05, 0) is 19.1 Å². The number of aromatic nitrogens is 2. The fraction of sp³-hybridized carbons (Fsp3) is 0.188. The van der Waals surface area contributed by atoms with E-state index in [9.17, 15) is 5.11 Å². The van der Waals surface area contributed by atoms with Crippen LogP contribution < -0.4 is 4.74 Å². The molecule has 2 aromatic carbocycles. The number of fused-ring (bicyclic) bond motifs is 1. The summed E-state index contributed by atoms with van der Waals surface area (Å²) in [6, 6.07) is 9.32. The molecule has 3 aromatic rings. The van der Waals surface area contributed by atoms with Crippen LogP contribution in [-0.4, -0.2) is 21.7 Å².